The third-order valence-electron chi connectivity index (χ3n) is 3.74. The summed E-state index contributed by atoms with van der Waals surface area (Å²) in [6.45, 7) is 1.40. The van der Waals surface area contributed by atoms with Gasteiger partial charge in [0.1, 0.15) is 0 Å². The van der Waals surface area contributed by atoms with E-state index in [1.54, 1.807) is 48.5 Å². The number of amides is 2. The number of carbonyl (C=O) groups is 2. The highest BCUT2D eigenvalue weighted by Crippen LogP contribution is 2.20. The quantitative estimate of drug-likeness (QED) is 0.789. The van der Waals surface area contributed by atoms with E-state index in [0.29, 0.717) is 22.6 Å². The highest BCUT2D eigenvalue weighted by atomic mass is 32.2. The van der Waals surface area contributed by atoms with Gasteiger partial charge in [0, 0.05) is 45.0 Å². The molecule has 27 heavy (non-hydrogen) atoms. The second kappa shape index (κ2) is 8.19. The lowest BCUT2D eigenvalue weighted by atomic mass is 10.2. The van der Waals surface area contributed by atoms with Crippen LogP contribution in [-0.4, -0.2) is 45.7 Å². The van der Waals surface area contributed by atoms with E-state index in [1.807, 2.05) is 0 Å². The zero-order valence-electron chi connectivity index (χ0n) is 15.6. The molecule has 0 fully saturated rings. The molecule has 0 saturated heterocycles. The van der Waals surface area contributed by atoms with Crippen LogP contribution in [0.2, 0.25) is 0 Å². The van der Waals surface area contributed by atoms with Crippen LogP contribution in [0.25, 0.3) is 0 Å². The summed E-state index contributed by atoms with van der Waals surface area (Å²) >= 11 is 0. The van der Waals surface area contributed by atoms with E-state index in [9.17, 15) is 18.0 Å². The molecule has 0 aliphatic heterocycles. The number of nitrogens with zero attached hydrogens (tertiary/aromatic N) is 2. The maximum atomic E-state index is 12.4. The first-order chi connectivity index (χ1) is 12.6. The van der Waals surface area contributed by atoms with Gasteiger partial charge in [0.25, 0.3) is 5.91 Å². The summed E-state index contributed by atoms with van der Waals surface area (Å²) < 4.78 is 26.5. The standard InChI is InChI=1S/C18H22N4O4S/c1-13(23)19-15-6-5-7-16(12-15)20-18(24)14-8-10-17(11-9-14)22(4)27(25,26)21(2)3/h5-12H,1-4H3,(H,19,23)(H,20,24). The Bertz CT molecular complexity index is 940. The molecule has 144 valence electrons. The second-order valence-corrected chi connectivity index (χ2v) is 8.19. The Hall–Kier alpha value is -2.91. The molecular formula is C18H22N4O4S. The lowest BCUT2D eigenvalue weighted by Gasteiger charge is -2.23. The van der Waals surface area contributed by atoms with Gasteiger partial charge in [0.15, 0.2) is 0 Å². The Morgan fingerprint density at radius 3 is 1.96 bits per heavy atom. The molecule has 2 rings (SSSR count). The van der Waals surface area contributed by atoms with Crippen LogP contribution in [-0.2, 0) is 15.0 Å². The van der Waals surface area contributed by atoms with Crippen molar-refractivity contribution in [2.75, 3.05) is 36.1 Å². The number of hydrogen-bond acceptors (Lipinski definition) is 4. The number of nitrogens with one attached hydrogen (secondary N) is 2. The predicted molar refractivity (Wildman–Crippen MR) is 106 cm³/mol. The summed E-state index contributed by atoms with van der Waals surface area (Å²) in [5.41, 5.74) is 1.92. The van der Waals surface area contributed by atoms with E-state index in [4.69, 9.17) is 0 Å². The summed E-state index contributed by atoms with van der Waals surface area (Å²) in [4.78, 5) is 23.5. The van der Waals surface area contributed by atoms with Crippen LogP contribution >= 0.6 is 0 Å². The van der Waals surface area contributed by atoms with Crippen molar-refractivity contribution in [2.24, 2.45) is 0 Å². The van der Waals surface area contributed by atoms with E-state index < -0.39 is 10.2 Å². The Labute approximate surface area is 159 Å². The highest BCUT2D eigenvalue weighted by Gasteiger charge is 2.21. The maximum Gasteiger partial charge on any atom is 0.303 e. The minimum atomic E-state index is -3.59. The number of hydrogen-bond donors (Lipinski definition) is 2. The maximum absolute atomic E-state index is 12.4. The summed E-state index contributed by atoms with van der Waals surface area (Å²) in [6, 6.07) is 13.0. The first kappa shape index (κ1) is 20.4. The molecule has 0 radical (unpaired) electrons. The zero-order chi connectivity index (χ0) is 20.2. The lowest BCUT2D eigenvalue weighted by Crippen LogP contribution is -2.37. The van der Waals surface area contributed by atoms with Crippen LogP contribution in [0, 0.1) is 0 Å². The molecule has 0 aliphatic carbocycles. The fraction of sp³-hybridized carbons (Fsp3) is 0.222. The van der Waals surface area contributed by atoms with E-state index in [2.05, 4.69) is 10.6 Å². The predicted octanol–water partition coefficient (Wildman–Crippen LogP) is 2.14. The van der Waals surface area contributed by atoms with Crippen molar-refractivity contribution in [3.05, 3.63) is 54.1 Å². The molecule has 0 saturated carbocycles. The van der Waals surface area contributed by atoms with Crippen molar-refractivity contribution < 1.29 is 18.0 Å². The fourth-order valence-electron chi connectivity index (χ4n) is 2.28. The Kier molecular flexibility index (Phi) is 6.19. The molecule has 2 amide bonds. The lowest BCUT2D eigenvalue weighted by molar-refractivity contribution is -0.114. The molecule has 0 aliphatic rings. The van der Waals surface area contributed by atoms with Crippen LogP contribution in [0.3, 0.4) is 0 Å². The summed E-state index contributed by atoms with van der Waals surface area (Å²) in [7, 11) is 0.742. The number of benzene rings is 2. The molecule has 8 nitrogen and oxygen atoms in total. The van der Waals surface area contributed by atoms with Crippen LogP contribution in [0.15, 0.2) is 48.5 Å². The first-order valence-corrected chi connectivity index (χ1v) is 9.46. The number of carbonyl (C=O) groups excluding carboxylic acids is 2. The van der Waals surface area contributed by atoms with Gasteiger partial charge in [-0.15, -0.1) is 0 Å². The Balaban J connectivity index is 2.13. The van der Waals surface area contributed by atoms with Crippen molar-refractivity contribution in [1.82, 2.24) is 4.31 Å². The van der Waals surface area contributed by atoms with Gasteiger partial charge >= 0.3 is 10.2 Å². The minimum Gasteiger partial charge on any atom is -0.326 e. The molecule has 0 unspecified atom stereocenters. The molecule has 0 bridgehead atoms. The normalized spacial score (nSPS) is 11.1. The van der Waals surface area contributed by atoms with E-state index >= 15 is 0 Å². The van der Waals surface area contributed by atoms with Crippen molar-refractivity contribution >= 4 is 39.1 Å². The van der Waals surface area contributed by atoms with Gasteiger partial charge < -0.3 is 10.6 Å². The third kappa shape index (κ3) is 5.05. The van der Waals surface area contributed by atoms with Crippen molar-refractivity contribution in [3.63, 3.8) is 0 Å². The SMILES string of the molecule is CC(=O)Nc1cccc(NC(=O)c2ccc(N(C)S(=O)(=O)N(C)C)cc2)c1. The number of anilines is 3. The molecule has 9 heteroatoms. The minimum absolute atomic E-state index is 0.203. The molecule has 0 atom stereocenters. The first-order valence-electron chi connectivity index (χ1n) is 8.06. The largest absolute Gasteiger partial charge is 0.326 e. The van der Waals surface area contributed by atoms with Crippen LogP contribution in [0.4, 0.5) is 17.1 Å². The average Bonchev–Trinajstić information content (AvgIpc) is 2.60. The van der Waals surface area contributed by atoms with Gasteiger partial charge in [-0.05, 0) is 42.5 Å². The molecular weight excluding hydrogens is 368 g/mol. The van der Waals surface area contributed by atoms with Crippen LogP contribution in [0.1, 0.15) is 17.3 Å². The summed E-state index contributed by atoms with van der Waals surface area (Å²) in [5, 5.41) is 5.38. The monoisotopic (exact) mass is 390 g/mol. The topological polar surface area (TPSA) is 98.8 Å². The molecule has 0 aromatic heterocycles. The van der Waals surface area contributed by atoms with Gasteiger partial charge in [0.05, 0.1) is 5.69 Å². The highest BCUT2D eigenvalue weighted by molar-refractivity contribution is 7.90. The van der Waals surface area contributed by atoms with Gasteiger partial charge in [-0.25, -0.2) is 0 Å². The summed E-state index contributed by atoms with van der Waals surface area (Å²) in [6.07, 6.45) is 0. The third-order valence-corrected chi connectivity index (χ3v) is 5.57. The van der Waals surface area contributed by atoms with E-state index in [0.717, 1.165) is 8.61 Å². The fourth-order valence-corrected chi connectivity index (χ4v) is 3.16. The van der Waals surface area contributed by atoms with Crippen molar-refractivity contribution in [1.29, 1.82) is 0 Å². The average molecular weight is 390 g/mol. The molecule has 0 heterocycles. The van der Waals surface area contributed by atoms with Crippen molar-refractivity contribution in [2.45, 2.75) is 6.92 Å². The van der Waals surface area contributed by atoms with Gasteiger partial charge in [0.2, 0.25) is 5.91 Å². The zero-order valence-corrected chi connectivity index (χ0v) is 16.4. The second-order valence-electron chi connectivity index (χ2n) is 6.02. The van der Waals surface area contributed by atoms with Crippen molar-refractivity contribution in [3.8, 4) is 0 Å². The smallest absolute Gasteiger partial charge is 0.303 e. The Morgan fingerprint density at radius 2 is 1.44 bits per heavy atom. The molecule has 2 N–H and O–H groups in total. The molecule has 2 aromatic carbocycles. The molecule has 2 aromatic rings. The van der Waals surface area contributed by atoms with Crippen LogP contribution in [0.5, 0.6) is 0 Å². The van der Waals surface area contributed by atoms with E-state index in [1.165, 1.54) is 28.1 Å². The van der Waals surface area contributed by atoms with Gasteiger partial charge in [-0.2, -0.15) is 12.7 Å². The Morgan fingerprint density at radius 1 is 0.889 bits per heavy atom. The van der Waals surface area contributed by atoms with Gasteiger partial charge in [-0.1, -0.05) is 6.07 Å². The van der Waals surface area contributed by atoms with Gasteiger partial charge in [-0.3, -0.25) is 13.9 Å². The van der Waals surface area contributed by atoms with E-state index in [-0.39, 0.29) is 11.8 Å². The molecule has 0 spiro atoms. The number of rotatable bonds is 6. The summed E-state index contributed by atoms with van der Waals surface area (Å²) in [5.74, 6) is -0.550. The van der Waals surface area contributed by atoms with Crippen LogP contribution < -0.4 is 14.9 Å².